The molecule has 0 aliphatic heterocycles. The van der Waals surface area contributed by atoms with E-state index in [0.717, 1.165) is 24.3 Å². The zero-order chi connectivity index (χ0) is 21.0. The first kappa shape index (κ1) is 18.9. The molecule has 1 heterocycles. The Hall–Kier alpha value is -3.47. The highest BCUT2D eigenvalue weighted by Crippen LogP contribution is 2.39. The molecule has 8 heteroatoms. The molecular weight excluding hydrogens is 394 g/mol. The lowest BCUT2D eigenvalue weighted by molar-refractivity contribution is -0.138. The molecule has 0 saturated carbocycles. The predicted molar refractivity (Wildman–Crippen MR) is 95.5 cm³/mol. The Morgan fingerprint density at radius 3 is 1.62 bits per heavy atom. The van der Waals surface area contributed by atoms with Crippen LogP contribution in [0.3, 0.4) is 0 Å². The minimum atomic E-state index is -4.62. The SMILES string of the molecule is N#Cc1ccccc1-n1c2cc(C(F)(F)F)ccc2c2ccc(C(F)(F)F)cc21. The molecule has 4 rings (SSSR count). The van der Waals surface area contributed by atoms with Gasteiger partial charge in [-0.25, -0.2) is 0 Å². The van der Waals surface area contributed by atoms with Crippen molar-refractivity contribution in [3.05, 3.63) is 77.4 Å². The van der Waals surface area contributed by atoms with E-state index >= 15 is 0 Å². The molecule has 0 bridgehead atoms. The highest BCUT2D eigenvalue weighted by Gasteiger charge is 2.33. The summed E-state index contributed by atoms with van der Waals surface area (Å²) in [4.78, 5) is 0. The highest BCUT2D eigenvalue weighted by atomic mass is 19.4. The van der Waals surface area contributed by atoms with Crippen molar-refractivity contribution in [2.24, 2.45) is 0 Å². The highest BCUT2D eigenvalue weighted by molar-refractivity contribution is 6.09. The van der Waals surface area contributed by atoms with Gasteiger partial charge in [-0.2, -0.15) is 31.6 Å². The normalized spacial score (nSPS) is 12.4. The molecule has 0 spiro atoms. The number of hydrogen-bond acceptors (Lipinski definition) is 1. The maximum atomic E-state index is 13.3. The van der Waals surface area contributed by atoms with Crippen molar-refractivity contribution in [3.8, 4) is 11.8 Å². The molecule has 4 aromatic rings. The number of rotatable bonds is 1. The van der Waals surface area contributed by atoms with E-state index < -0.39 is 23.5 Å². The monoisotopic (exact) mass is 404 g/mol. The van der Waals surface area contributed by atoms with Crippen molar-refractivity contribution in [2.45, 2.75) is 12.4 Å². The zero-order valence-electron chi connectivity index (χ0n) is 14.4. The lowest BCUT2D eigenvalue weighted by atomic mass is 10.1. The average Bonchev–Trinajstić information content (AvgIpc) is 2.99. The summed E-state index contributed by atoms with van der Waals surface area (Å²) in [6.45, 7) is 0. The Kier molecular flexibility index (Phi) is 4.08. The van der Waals surface area contributed by atoms with Gasteiger partial charge in [-0.3, -0.25) is 0 Å². The Bertz CT molecular complexity index is 1220. The lowest BCUT2D eigenvalue weighted by Crippen LogP contribution is -2.06. The van der Waals surface area contributed by atoms with E-state index in [1.165, 1.54) is 28.8 Å². The molecule has 3 aromatic carbocycles. The van der Waals surface area contributed by atoms with Gasteiger partial charge in [-0.15, -0.1) is 0 Å². The molecule has 0 fully saturated rings. The van der Waals surface area contributed by atoms with Gasteiger partial charge in [0.2, 0.25) is 0 Å². The lowest BCUT2D eigenvalue weighted by Gasteiger charge is -2.12. The third-order valence-electron chi connectivity index (χ3n) is 4.69. The van der Waals surface area contributed by atoms with Crippen LogP contribution in [-0.2, 0) is 12.4 Å². The van der Waals surface area contributed by atoms with Gasteiger partial charge >= 0.3 is 12.4 Å². The van der Waals surface area contributed by atoms with Crippen LogP contribution in [0.1, 0.15) is 16.7 Å². The molecule has 0 unspecified atom stereocenters. The second kappa shape index (κ2) is 6.27. The first-order valence-electron chi connectivity index (χ1n) is 8.33. The predicted octanol–water partition coefficient (Wildman–Crippen LogP) is 6.69. The van der Waals surface area contributed by atoms with Crippen LogP contribution in [0.25, 0.3) is 27.5 Å². The van der Waals surface area contributed by atoms with Gasteiger partial charge in [0.05, 0.1) is 33.4 Å². The fourth-order valence-electron chi connectivity index (χ4n) is 3.39. The van der Waals surface area contributed by atoms with Gasteiger partial charge in [0.25, 0.3) is 0 Å². The molecule has 2 nitrogen and oxygen atoms in total. The van der Waals surface area contributed by atoms with Gasteiger partial charge in [0.1, 0.15) is 6.07 Å². The minimum absolute atomic E-state index is 0.0665. The number of aromatic nitrogens is 1. The molecular formula is C21H10F6N2. The van der Waals surface area contributed by atoms with Crippen LogP contribution in [0.5, 0.6) is 0 Å². The summed E-state index contributed by atoms with van der Waals surface area (Å²) >= 11 is 0. The van der Waals surface area contributed by atoms with E-state index in [4.69, 9.17) is 0 Å². The van der Waals surface area contributed by atoms with Crippen LogP contribution in [0.4, 0.5) is 26.3 Å². The topological polar surface area (TPSA) is 28.7 Å². The first-order chi connectivity index (χ1) is 13.6. The van der Waals surface area contributed by atoms with Crippen LogP contribution < -0.4 is 0 Å². The van der Waals surface area contributed by atoms with E-state index in [1.807, 2.05) is 6.07 Å². The molecule has 29 heavy (non-hydrogen) atoms. The van der Waals surface area contributed by atoms with E-state index in [2.05, 4.69) is 0 Å². The van der Waals surface area contributed by atoms with Crippen molar-refractivity contribution in [1.82, 2.24) is 4.57 Å². The van der Waals surface area contributed by atoms with Gasteiger partial charge in [-0.05, 0) is 36.4 Å². The van der Waals surface area contributed by atoms with E-state index in [0.29, 0.717) is 10.8 Å². The molecule has 0 aliphatic rings. The van der Waals surface area contributed by atoms with Crippen LogP contribution >= 0.6 is 0 Å². The number of halogens is 6. The Morgan fingerprint density at radius 1 is 0.690 bits per heavy atom. The second-order valence-electron chi connectivity index (χ2n) is 6.42. The quantitative estimate of drug-likeness (QED) is 0.325. The van der Waals surface area contributed by atoms with Gasteiger partial charge in [0, 0.05) is 10.8 Å². The van der Waals surface area contributed by atoms with Crippen molar-refractivity contribution in [2.75, 3.05) is 0 Å². The number of para-hydroxylation sites is 1. The van der Waals surface area contributed by atoms with Crippen molar-refractivity contribution in [1.29, 1.82) is 5.26 Å². The number of hydrogen-bond donors (Lipinski definition) is 0. The molecule has 0 N–H and O–H groups in total. The third kappa shape index (κ3) is 3.09. The molecule has 0 radical (unpaired) electrons. The summed E-state index contributed by atoms with van der Waals surface area (Å²) in [5.41, 5.74) is -1.40. The van der Waals surface area contributed by atoms with Crippen LogP contribution in [0.2, 0.25) is 0 Å². The maximum Gasteiger partial charge on any atom is 0.416 e. The Labute approximate surface area is 160 Å². The summed E-state index contributed by atoms with van der Waals surface area (Å²) < 4.78 is 80.8. The Balaban J connectivity index is 2.19. The summed E-state index contributed by atoms with van der Waals surface area (Å²) in [5.74, 6) is 0. The van der Waals surface area contributed by atoms with Gasteiger partial charge < -0.3 is 4.57 Å². The summed E-state index contributed by atoms with van der Waals surface area (Å²) in [5, 5.41) is 10.1. The van der Waals surface area contributed by atoms with Crippen LogP contribution in [-0.4, -0.2) is 4.57 Å². The van der Waals surface area contributed by atoms with Gasteiger partial charge in [0.15, 0.2) is 0 Å². The van der Waals surface area contributed by atoms with Crippen LogP contribution in [0, 0.1) is 11.3 Å². The summed E-state index contributed by atoms with van der Waals surface area (Å²) in [6, 6.07) is 14.0. The van der Waals surface area contributed by atoms with Gasteiger partial charge in [-0.1, -0.05) is 24.3 Å². The number of benzene rings is 3. The minimum Gasteiger partial charge on any atom is -0.308 e. The molecule has 0 amide bonds. The molecule has 0 aliphatic carbocycles. The van der Waals surface area contributed by atoms with Crippen molar-refractivity contribution < 1.29 is 26.3 Å². The third-order valence-corrected chi connectivity index (χ3v) is 4.69. The summed E-state index contributed by atoms with van der Waals surface area (Å²) in [6.07, 6.45) is -9.25. The first-order valence-corrected chi connectivity index (χ1v) is 8.33. The fraction of sp³-hybridized carbons (Fsp3) is 0.0952. The molecule has 0 saturated heterocycles. The van der Waals surface area contributed by atoms with E-state index in [-0.39, 0.29) is 22.3 Å². The molecule has 0 atom stereocenters. The fourth-order valence-corrected chi connectivity index (χ4v) is 3.39. The Morgan fingerprint density at radius 2 is 1.17 bits per heavy atom. The standard InChI is InChI=1S/C21H10F6N2/c22-20(23,24)13-5-7-15-16-8-6-14(21(25,26)27)10-19(16)29(18(15)9-13)17-4-2-1-3-12(17)11-28/h1-10H. The average molecular weight is 404 g/mol. The van der Waals surface area contributed by atoms with Crippen molar-refractivity contribution >= 4 is 21.8 Å². The number of nitriles is 1. The number of nitrogens with zero attached hydrogens (tertiary/aromatic N) is 2. The largest absolute Gasteiger partial charge is 0.416 e. The zero-order valence-corrected chi connectivity index (χ0v) is 14.4. The second-order valence-corrected chi connectivity index (χ2v) is 6.42. The van der Waals surface area contributed by atoms with E-state index in [9.17, 15) is 31.6 Å². The summed E-state index contributed by atoms with van der Waals surface area (Å²) in [7, 11) is 0. The van der Waals surface area contributed by atoms with Crippen LogP contribution in [0.15, 0.2) is 60.7 Å². The number of fused-ring (bicyclic) bond motifs is 3. The van der Waals surface area contributed by atoms with E-state index in [1.54, 1.807) is 12.1 Å². The smallest absolute Gasteiger partial charge is 0.308 e. The molecule has 1 aromatic heterocycles. The maximum absolute atomic E-state index is 13.3. The van der Waals surface area contributed by atoms with Crippen molar-refractivity contribution in [3.63, 3.8) is 0 Å². The molecule has 146 valence electrons. The number of alkyl halides is 6.